The zero-order valence-corrected chi connectivity index (χ0v) is 29.7. The molecule has 0 saturated carbocycles. The average Bonchev–Trinajstić information content (AvgIpc) is 3.57. The highest BCUT2D eigenvalue weighted by Gasteiger charge is 2.14. The van der Waals surface area contributed by atoms with Crippen molar-refractivity contribution in [3.05, 3.63) is 216 Å². The molecule has 8 rings (SSSR count). The maximum absolute atomic E-state index is 4.05. The quantitative estimate of drug-likeness (QED) is 0.141. The summed E-state index contributed by atoms with van der Waals surface area (Å²) in [6, 6.07) is 66.7. The molecule has 1 aromatic heterocycles. The van der Waals surface area contributed by atoms with Crippen LogP contribution in [-0.2, 0) is 6.42 Å². The van der Waals surface area contributed by atoms with Gasteiger partial charge in [-0.3, -0.25) is 0 Å². The predicted octanol–water partition coefficient (Wildman–Crippen LogP) is 12.5. The molecule has 0 spiro atoms. The van der Waals surface area contributed by atoms with E-state index in [1.807, 2.05) is 17.4 Å². The van der Waals surface area contributed by atoms with E-state index in [9.17, 15) is 0 Å². The molecule has 7 aromatic carbocycles. The molecule has 0 aliphatic carbocycles. The van der Waals surface area contributed by atoms with E-state index in [1.54, 1.807) is 0 Å². The molecule has 0 radical (unpaired) electrons. The fraction of sp³-hybridized carbons (Fsp3) is 0.0204. The molecule has 250 valence electrons. The second kappa shape index (κ2) is 15.2. The summed E-state index contributed by atoms with van der Waals surface area (Å²) in [6.07, 6.45) is 7.24. The first kappa shape index (κ1) is 32.8. The number of anilines is 6. The molecule has 0 saturated heterocycles. The number of hydrogen-bond acceptors (Lipinski definition) is 3. The Morgan fingerprint density at radius 3 is 1.37 bits per heavy atom. The fourth-order valence-corrected chi connectivity index (χ4v) is 8.09. The van der Waals surface area contributed by atoms with Crippen LogP contribution in [0.15, 0.2) is 201 Å². The van der Waals surface area contributed by atoms with Crippen LogP contribution in [0.5, 0.6) is 0 Å². The van der Waals surface area contributed by atoms with Gasteiger partial charge in [0.2, 0.25) is 0 Å². The number of para-hydroxylation sites is 4. The van der Waals surface area contributed by atoms with Gasteiger partial charge in [-0.2, -0.15) is 0 Å². The van der Waals surface area contributed by atoms with Crippen molar-refractivity contribution in [2.24, 2.45) is 0 Å². The molecular formula is C49H38N2S. The minimum atomic E-state index is 0.828. The smallest absolute Gasteiger partial charge is 0.0462 e. The molecule has 0 unspecified atom stereocenters. The SMILES string of the molecule is C=C/C=c1/sc2c(-c3ccc(N(c4ccccc4)c4ccccc4)cc3)cccc2/c1=C/Cc1ccc(N(c2ccccc2)c2ccccc2)cc1. The van der Waals surface area contributed by atoms with E-state index in [2.05, 4.69) is 217 Å². The van der Waals surface area contributed by atoms with E-state index in [0.29, 0.717) is 0 Å². The van der Waals surface area contributed by atoms with Gasteiger partial charge in [-0.25, -0.2) is 0 Å². The van der Waals surface area contributed by atoms with Gasteiger partial charge in [0.15, 0.2) is 0 Å². The summed E-state index contributed by atoms with van der Waals surface area (Å²) in [5, 5.41) is 2.53. The summed E-state index contributed by atoms with van der Waals surface area (Å²) >= 11 is 1.84. The van der Waals surface area contributed by atoms with Gasteiger partial charge in [-0.1, -0.05) is 134 Å². The molecule has 2 nitrogen and oxygen atoms in total. The van der Waals surface area contributed by atoms with Crippen LogP contribution in [0.4, 0.5) is 34.1 Å². The van der Waals surface area contributed by atoms with Gasteiger partial charge in [0, 0.05) is 48.7 Å². The van der Waals surface area contributed by atoms with Gasteiger partial charge < -0.3 is 9.80 Å². The maximum Gasteiger partial charge on any atom is 0.0462 e. The number of benzene rings is 7. The minimum Gasteiger partial charge on any atom is -0.311 e. The van der Waals surface area contributed by atoms with Crippen molar-refractivity contribution >= 4 is 67.7 Å². The normalized spacial score (nSPS) is 11.8. The van der Waals surface area contributed by atoms with Crippen molar-refractivity contribution < 1.29 is 0 Å². The predicted molar refractivity (Wildman–Crippen MR) is 225 cm³/mol. The van der Waals surface area contributed by atoms with Crippen molar-refractivity contribution in [3.8, 4) is 11.1 Å². The lowest BCUT2D eigenvalue weighted by molar-refractivity contribution is 1.26. The molecule has 0 aliphatic heterocycles. The Kier molecular flexibility index (Phi) is 9.59. The fourth-order valence-electron chi connectivity index (χ4n) is 6.82. The second-order valence-corrected chi connectivity index (χ2v) is 13.7. The standard InChI is InChI=1S/C49H38N2S/c1-2-16-48-46(36-29-37-27-32-43(33-28-37)50(39-17-7-3-8-18-39)40-19-9-4-10-20-40)47-26-15-25-45(49(47)52-48)38-30-34-44(35-31-38)51(41-21-11-5-12-22-41)42-23-13-6-14-24-42/h2-28,30-36H,1,29H2/b46-36-,48-16+. The topological polar surface area (TPSA) is 6.48 Å². The Morgan fingerprint density at radius 2 is 0.904 bits per heavy atom. The monoisotopic (exact) mass is 686 g/mol. The highest BCUT2D eigenvalue weighted by Crippen LogP contribution is 2.37. The number of thiophene rings is 1. The second-order valence-electron chi connectivity index (χ2n) is 12.6. The van der Waals surface area contributed by atoms with Crippen LogP contribution in [0, 0.1) is 0 Å². The lowest BCUT2D eigenvalue weighted by Crippen LogP contribution is -2.18. The van der Waals surface area contributed by atoms with E-state index in [1.165, 1.54) is 36.5 Å². The number of rotatable bonds is 10. The molecule has 8 aromatic rings. The Bertz CT molecular complexity index is 2450. The highest BCUT2D eigenvalue weighted by atomic mass is 32.1. The van der Waals surface area contributed by atoms with E-state index >= 15 is 0 Å². The zero-order chi connectivity index (χ0) is 35.1. The number of hydrogen-bond donors (Lipinski definition) is 0. The number of fused-ring (bicyclic) bond motifs is 1. The van der Waals surface area contributed by atoms with Gasteiger partial charge in [-0.15, -0.1) is 11.3 Å². The summed E-state index contributed by atoms with van der Waals surface area (Å²) in [5.74, 6) is 0. The molecule has 0 aliphatic rings. The first-order valence-electron chi connectivity index (χ1n) is 17.6. The van der Waals surface area contributed by atoms with Crippen molar-refractivity contribution in [1.82, 2.24) is 0 Å². The van der Waals surface area contributed by atoms with Gasteiger partial charge in [-0.05, 0) is 107 Å². The summed E-state index contributed by atoms with van der Waals surface area (Å²) in [6.45, 7) is 4.05. The summed E-state index contributed by atoms with van der Waals surface area (Å²) in [4.78, 5) is 4.60. The molecule has 0 amide bonds. The Morgan fingerprint density at radius 1 is 0.462 bits per heavy atom. The molecule has 0 fully saturated rings. The first-order chi connectivity index (χ1) is 25.8. The lowest BCUT2D eigenvalue weighted by atomic mass is 10.0. The Hall–Kier alpha value is -6.42. The van der Waals surface area contributed by atoms with Gasteiger partial charge in [0.05, 0.1) is 0 Å². The number of nitrogens with zero attached hydrogens (tertiary/aromatic N) is 2. The van der Waals surface area contributed by atoms with E-state index in [4.69, 9.17) is 0 Å². The summed E-state index contributed by atoms with van der Waals surface area (Å²) in [5.41, 5.74) is 10.5. The van der Waals surface area contributed by atoms with Crippen LogP contribution in [0.1, 0.15) is 5.56 Å². The van der Waals surface area contributed by atoms with E-state index in [-0.39, 0.29) is 0 Å². The average molecular weight is 687 g/mol. The third-order valence-corrected chi connectivity index (χ3v) is 10.5. The van der Waals surface area contributed by atoms with Crippen LogP contribution < -0.4 is 19.6 Å². The molecule has 0 bridgehead atoms. The molecule has 0 N–H and O–H groups in total. The van der Waals surface area contributed by atoms with Crippen molar-refractivity contribution in [3.63, 3.8) is 0 Å². The Balaban J connectivity index is 1.12. The minimum absolute atomic E-state index is 0.828. The van der Waals surface area contributed by atoms with E-state index < -0.39 is 0 Å². The molecule has 1 heterocycles. The van der Waals surface area contributed by atoms with Gasteiger partial charge in [0.1, 0.15) is 0 Å². The van der Waals surface area contributed by atoms with Crippen molar-refractivity contribution in [2.75, 3.05) is 9.80 Å². The van der Waals surface area contributed by atoms with Crippen LogP contribution >= 0.6 is 11.3 Å². The molecule has 0 atom stereocenters. The van der Waals surface area contributed by atoms with Crippen LogP contribution in [0.25, 0.3) is 33.4 Å². The van der Waals surface area contributed by atoms with E-state index in [0.717, 1.165) is 40.5 Å². The van der Waals surface area contributed by atoms with Crippen molar-refractivity contribution in [2.45, 2.75) is 6.42 Å². The van der Waals surface area contributed by atoms with Crippen LogP contribution in [0.2, 0.25) is 0 Å². The molecule has 52 heavy (non-hydrogen) atoms. The van der Waals surface area contributed by atoms with Gasteiger partial charge in [0.25, 0.3) is 0 Å². The largest absolute Gasteiger partial charge is 0.311 e. The lowest BCUT2D eigenvalue weighted by Gasteiger charge is -2.25. The Labute approximate surface area is 309 Å². The molecular weight excluding hydrogens is 649 g/mol. The first-order valence-corrected chi connectivity index (χ1v) is 18.4. The third-order valence-electron chi connectivity index (χ3n) is 9.28. The summed E-state index contributed by atoms with van der Waals surface area (Å²) < 4.78 is 2.51. The third kappa shape index (κ3) is 6.83. The zero-order valence-electron chi connectivity index (χ0n) is 28.8. The summed E-state index contributed by atoms with van der Waals surface area (Å²) in [7, 11) is 0. The van der Waals surface area contributed by atoms with Gasteiger partial charge >= 0.3 is 0 Å². The van der Waals surface area contributed by atoms with Crippen LogP contribution in [-0.4, -0.2) is 0 Å². The maximum atomic E-state index is 4.05. The highest BCUT2D eigenvalue weighted by molar-refractivity contribution is 7.17. The van der Waals surface area contributed by atoms with Crippen molar-refractivity contribution in [1.29, 1.82) is 0 Å². The number of allylic oxidation sites excluding steroid dienone is 1. The van der Waals surface area contributed by atoms with Crippen LogP contribution in [0.3, 0.4) is 0 Å². The molecule has 3 heteroatoms.